The van der Waals surface area contributed by atoms with Crippen LogP contribution in [0.2, 0.25) is 0 Å². The molecule has 6 nitrogen and oxygen atoms in total. The number of hydrogen-bond acceptors (Lipinski definition) is 6. The van der Waals surface area contributed by atoms with Gasteiger partial charge in [0.2, 0.25) is 5.91 Å². The highest BCUT2D eigenvalue weighted by Gasteiger charge is 2.14. The van der Waals surface area contributed by atoms with E-state index in [2.05, 4.69) is 16.4 Å². The average molecular weight is 430 g/mol. The third-order valence-corrected chi connectivity index (χ3v) is 7.16. The molecule has 152 valence electrons. The summed E-state index contributed by atoms with van der Waals surface area (Å²) in [7, 11) is 0. The van der Waals surface area contributed by atoms with Crippen molar-refractivity contribution in [2.45, 2.75) is 36.8 Å². The zero-order valence-corrected chi connectivity index (χ0v) is 17.6. The Morgan fingerprint density at radius 2 is 2.17 bits per heavy atom. The van der Waals surface area contributed by atoms with Crippen LogP contribution in [0.25, 0.3) is 10.2 Å². The van der Waals surface area contributed by atoms with Crippen molar-refractivity contribution in [2.24, 2.45) is 0 Å². The summed E-state index contributed by atoms with van der Waals surface area (Å²) in [6.45, 7) is 2.01. The van der Waals surface area contributed by atoms with E-state index in [1.165, 1.54) is 27.8 Å². The van der Waals surface area contributed by atoms with Crippen LogP contribution in [0, 0.1) is 0 Å². The van der Waals surface area contributed by atoms with Crippen LogP contribution in [0.3, 0.4) is 0 Å². The number of thioether (sulfide) groups is 1. The number of thiophene rings is 1. The third-order valence-electron chi connectivity index (χ3n) is 4.89. The van der Waals surface area contributed by atoms with Crippen molar-refractivity contribution in [1.82, 2.24) is 9.55 Å². The molecule has 29 heavy (non-hydrogen) atoms. The molecule has 3 aromatic rings. The first-order chi connectivity index (χ1) is 14.2. The lowest BCUT2D eigenvalue weighted by Gasteiger charge is -2.21. The fourth-order valence-electron chi connectivity index (χ4n) is 3.29. The molecule has 1 aliphatic rings. The molecule has 1 saturated heterocycles. The summed E-state index contributed by atoms with van der Waals surface area (Å²) >= 11 is 3.39. The molecule has 1 aromatic carbocycles. The van der Waals surface area contributed by atoms with Crippen LogP contribution in [0.1, 0.15) is 24.8 Å². The predicted octanol–water partition coefficient (Wildman–Crippen LogP) is 3.90. The van der Waals surface area contributed by atoms with Crippen molar-refractivity contribution in [3.05, 3.63) is 58.0 Å². The molecule has 1 fully saturated rings. The Morgan fingerprint density at radius 1 is 1.31 bits per heavy atom. The van der Waals surface area contributed by atoms with Gasteiger partial charge in [-0.2, -0.15) is 11.8 Å². The van der Waals surface area contributed by atoms with Gasteiger partial charge in [-0.15, -0.1) is 11.3 Å². The molecule has 0 aliphatic carbocycles. The minimum atomic E-state index is -0.114. The molecule has 0 atom stereocenters. The van der Waals surface area contributed by atoms with Gasteiger partial charge in [-0.1, -0.05) is 12.1 Å². The maximum Gasteiger partial charge on any atom is 0.262 e. The van der Waals surface area contributed by atoms with E-state index in [0.29, 0.717) is 17.2 Å². The standard InChI is InChI=1S/C21H23N3O3S2/c25-19(4-8-24-14-22-20-18(21(24)26)7-11-28-20)23-16-3-1-2-15(12-16)13-29-17-5-9-27-10-6-17/h1-3,7,11-12,14,17H,4-6,8-10,13H2,(H,23,25). The Morgan fingerprint density at radius 3 is 3.03 bits per heavy atom. The normalized spacial score (nSPS) is 14.9. The van der Waals surface area contributed by atoms with E-state index in [0.717, 1.165) is 42.3 Å². The van der Waals surface area contributed by atoms with E-state index in [1.807, 2.05) is 35.3 Å². The molecule has 0 spiro atoms. The van der Waals surface area contributed by atoms with Crippen LogP contribution in [0.5, 0.6) is 0 Å². The average Bonchev–Trinajstić information content (AvgIpc) is 3.23. The van der Waals surface area contributed by atoms with E-state index in [-0.39, 0.29) is 17.9 Å². The fraction of sp³-hybridized carbons (Fsp3) is 0.381. The summed E-state index contributed by atoms with van der Waals surface area (Å²) in [6.07, 6.45) is 3.94. The zero-order valence-electron chi connectivity index (χ0n) is 16.0. The summed E-state index contributed by atoms with van der Waals surface area (Å²) in [5.41, 5.74) is 1.89. The number of carbonyl (C=O) groups is 1. The van der Waals surface area contributed by atoms with Crippen molar-refractivity contribution in [3.8, 4) is 0 Å². The van der Waals surface area contributed by atoms with Crippen LogP contribution in [-0.2, 0) is 21.8 Å². The van der Waals surface area contributed by atoms with Crippen LogP contribution in [0.4, 0.5) is 5.69 Å². The Hall–Kier alpha value is -2.16. The minimum absolute atomic E-state index is 0.101. The molecule has 1 aliphatic heterocycles. The summed E-state index contributed by atoms with van der Waals surface area (Å²) in [6, 6.07) is 9.74. The van der Waals surface area contributed by atoms with E-state index in [1.54, 1.807) is 6.07 Å². The summed E-state index contributed by atoms with van der Waals surface area (Å²) in [5, 5.41) is 6.04. The van der Waals surface area contributed by atoms with Crippen LogP contribution >= 0.6 is 23.1 Å². The number of amides is 1. The molecular weight excluding hydrogens is 406 g/mol. The molecule has 2 aromatic heterocycles. The highest BCUT2D eigenvalue weighted by molar-refractivity contribution is 7.99. The highest BCUT2D eigenvalue weighted by Crippen LogP contribution is 2.26. The van der Waals surface area contributed by atoms with Gasteiger partial charge in [-0.05, 0) is 42.0 Å². The smallest absolute Gasteiger partial charge is 0.262 e. The van der Waals surface area contributed by atoms with Gasteiger partial charge in [0.25, 0.3) is 5.56 Å². The second-order valence-corrected chi connectivity index (χ2v) is 9.19. The van der Waals surface area contributed by atoms with Gasteiger partial charge in [0.05, 0.1) is 11.7 Å². The van der Waals surface area contributed by atoms with E-state index < -0.39 is 0 Å². The van der Waals surface area contributed by atoms with Crippen molar-refractivity contribution in [2.75, 3.05) is 18.5 Å². The molecule has 0 bridgehead atoms. The highest BCUT2D eigenvalue weighted by atomic mass is 32.2. The molecule has 3 heterocycles. The first-order valence-corrected chi connectivity index (χ1v) is 11.6. The molecule has 0 unspecified atom stereocenters. The third kappa shape index (κ3) is 5.26. The van der Waals surface area contributed by atoms with Crippen LogP contribution in [0.15, 0.2) is 46.8 Å². The predicted molar refractivity (Wildman–Crippen MR) is 119 cm³/mol. The molecule has 1 amide bonds. The lowest BCUT2D eigenvalue weighted by atomic mass is 10.2. The number of nitrogens with one attached hydrogen (secondary N) is 1. The number of nitrogens with zero attached hydrogens (tertiary/aromatic N) is 2. The zero-order chi connectivity index (χ0) is 20.1. The quantitative estimate of drug-likeness (QED) is 0.617. The first-order valence-electron chi connectivity index (χ1n) is 9.70. The van der Waals surface area contributed by atoms with Gasteiger partial charge in [0, 0.05) is 42.9 Å². The summed E-state index contributed by atoms with van der Waals surface area (Å²) in [4.78, 5) is 29.8. The molecule has 0 radical (unpaired) electrons. The number of aryl methyl sites for hydroxylation is 1. The second-order valence-electron chi connectivity index (χ2n) is 7.00. The number of hydrogen-bond donors (Lipinski definition) is 1. The molecule has 8 heteroatoms. The van der Waals surface area contributed by atoms with Crippen molar-refractivity contribution < 1.29 is 9.53 Å². The number of ether oxygens (including phenoxy) is 1. The number of rotatable bonds is 7. The molecule has 1 N–H and O–H groups in total. The van der Waals surface area contributed by atoms with Crippen molar-refractivity contribution in [1.29, 1.82) is 0 Å². The lowest BCUT2D eigenvalue weighted by Crippen LogP contribution is -2.23. The van der Waals surface area contributed by atoms with Gasteiger partial charge in [-0.25, -0.2) is 4.98 Å². The minimum Gasteiger partial charge on any atom is -0.381 e. The SMILES string of the molecule is O=C(CCn1cnc2sccc2c1=O)Nc1cccc(CSC2CCOCC2)c1. The first kappa shape index (κ1) is 20.1. The summed E-state index contributed by atoms with van der Waals surface area (Å²) in [5.74, 6) is 0.812. The molecule has 4 rings (SSSR count). The van der Waals surface area contributed by atoms with Crippen molar-refractivity contribution in [3.63, 3.8) is 0 Å². The van der Waals surface area contributed by atoms with Gasteiger partial charge < -0.3 is 10.1 Å². The topological polar surface area (TPSA) is 73.2 Å². The van der Waals surface area contributed by atoms with Gasteiger partial charge >= 0.3 is 0 Å². The number of fused-ring (bicyclic) bond motifs is 1. The Kier molecular flexibility index (Phi) is 6.63. The van der Waals surface area contributed by atoms with Gasteiger partial charge in [0.1, 0.15) is 4.83 Å². The fourth-order valence-corrected chi connectivity index (χ4v) is 5.15. The monoisotopic (exact) mass is 429 g/mol. The van der Waals surface area contributed by atoms with E-state index >= 15 is 0 Å². The largest absolute Gasteiger partial charge is 0.381 e. The van der Waals surface area contributed by atoms with Crippen LogP contribution < -0.4 is 10.9 Å². The molecule has 0 saturated carbocycles. The van der Waals surface area contributed by atoms with E-state index in [4.69, 9.17) is 4.74 Å². The number of benzene rings is 1. The lowest BCUT2D eigenvalue weighted by molar-refractivity contribution is -0.116. The van der Waals surface area contributed by atoms with Gasteiger partial charge in [-0.3, -0.25) is 14.2 Å². The Labute approximate surface area is 177 Å². The van der Waals surface area contributed by atoms with E-state index in [9.17, 15) is 9.59 Å². The second kappa shape index (κ2) is 9.56. The maximum atomic E-state index is 12.4. The molecular formula is C21H23N3O3S2. The number of carbonyl (C=O) groups excluding carboxylic acids is 1. The van der Waals surface area contributed by atoms with Gasteiger partial charge in [0.15, 0.2) is 0 Å². The number of anilines is 1. The number of aromatic nitrogens is 2. The van der Waals surface area contributed by atoms with Crippen LogP contribution in [-0.4, -0.2) is 33.9 Å². The Bertz CT molecular complexity index is 1040. The summed E-state index contributed by atoms with van der Waals surface area (Å²) < 4.78 is 6.90. The maximum absolute atomic E-state index is 12.4. The van der Waals surface area contributed by atoms with Crippen molar-refractivity contribution >= 4 is 44.9 Å². The Balaban J connectivity index is 1.30.